The number of halogens is 3. The molecule has 29 heavy (non-hydrogen) atoms. The largest absolute Gasteiger partial charge is 0.496 e. The van der Waals surface area contributed by atoms with Crippen LogP contribution in [-0.4, -0.2) is 37.7 Å². The second-order valence-corrected chi connectivity index (χ2v) is 6.64. The Morgan fingerprint density at radius 3 is 2.62 bits per heavy atom. The lowest BCUT2D eigenvalue weighted by atomic mass is 10.1. The number of nitrogens with one attached hydrogen (secondary N) is 2. The predicted molar refractivity (Wildman–Crippen MR) is 103 cm³/mol. The number of aromatic nitrogens is 1. The van der Waals surface area contributed by atoms with Crippen LogP contribution in [0.15, 0.2) is 28.6 Å². The molecule has 2 aromatic rings. The van der Waals surface area contributed by atoms with Crippen LogP contribution in [0.2, 0.25) is 0 Å². The van der Waals surface area contributed by atoms with E-state index in [-0.39, 0.29) is 18.7 Å². The molecule has 0 unspecified atom stereocenters. The zero-order chi connectivity index (χ0) is 21.4. The Bertz CT molecular complexity index is 868. The van der Waals surface area contributed by atoms with E-state index < -0.39 is 17.8 Å². The Morgan fingerprint density at radius 1 is 1.28 bits per heavy atom. The van der Waals surface area contributed by atoms with Crippen molar-refractivity contribution in [3.8, 4) is 5.75 Å². The second-order valence-electron chi connectivity index (χ2n) is 5.70. The maximum Gasteiger partial charge on any atom is 0.434 e. The van der Waals surface area contributed by atoms with E-state index in [0.717, 1.165) is 22.3 Å². The van der Waals surface area contributed by atoms with Crippen LogP contribution in [0.5, 0.6) is 5.75 Å². The molecule has 0 aliphatic rings. The molecule has 2 rings (SSSR count). The summed E-state index contributed by atoms with van der Waals surface area (Å²) in [5, 5.41) is 7.23. The van der Waals surface area contributed by atoms with Crippen LogP contribution in [0.3, 0.4) is 0 Å². The number of ether oxygens (including phenoxy) is 2. The number of rotatable bonds is 7. The quantitative estimate of drug-likeness (QED) is 0.399. The number of carbonyl (C=O) groups is 1. The molecular weight excluding hydrogens is 409 g/mol. The number of hydrogen-bond donors (Lipinski definition) is 2. The number of esters is 1. The summed E-state index contributed by atoms with van der Waals surface area (Å²) in [5.74, 6) is 0.271. The SMILES string of the molecule is CCNC(=NCc1ccc(OC)c(C(=O)OC)c1)NCc1nc(C(F)(F)F)cs1. The van der Waals surface area contributed by atoms with Gasteiger partial charge in [-0.15, -0.1) is 11.3 Å². The van der Waals surface area contributed by atoms with E-state index in [0.29, 0.717) is 23.3 Å². The summed E-state index contributed by atoms with van der Waals surface area (Å²) in [5.41, 5.74) is 0.106. The molecule has 0 spiro atoms. The number of hydrogen-bond acceptors (Lipinski definition) is 6. The Kier molecular flexibility index (Phi) is 7.82. The van der Waals surface area contributed by atoms with Gasteiger partial charge < -0.3 is 20.1 Å². The fourth-order valence-corrected chi connectivity index (χ4v) is 3.06. The number of benzene rings is 1. The Labute approximate surface area is 170 Å². The normalized spacial score (nSPS) is 11.9. The third-order valence-electron chi connectivity index (χ3n) is 3.68. The van der Waals surface area contributed by atoms with Gasteiger partial charge in [-0.25, -0.2) is 14.8 Å². The summed E-state index contributed by atoms with van der Waals surface area (Å²) in [6.45, 7) is 2.76. The van der Waals surface area contributed by atoms with Crippen molar-refractivity contribution in [2.75, 3.05) is 20.8 Å². The average Bonchev–Trinajstić information content (AvgIpc) is 3.19. The molecule has 0 bridgehead atoms. The molecule has 158 valence electrons. The van der Waals surface area contributed by atoms with Crippen LogP contribution in [0.4, 0.5) is 13.2 Å². The highest BCUT2D eigenvalue weighted by atomic mass is 32.1. The van der Waals surface area contributed by atoms with E-state index in [1.165, 1.54) is 14.2 Å². The third kappa shape index (κ3) is 6.34. The van der Waals surface area contributed by atoms with Crippen LogP contribution in [0.25, 0.3) is 0 Å². The predicted octanol–water partition coefficient (Wildman–Crippen LogP) is 3.21. The molecule has 0 atom stereocenters. The van der Waals surface area contributed by atoms with Crippen LogP contribution < -0.4 is 15.4 Å². The summed E-state index contributed by atoms with van der Waals surface area (Å²) in [6.07, 6.45) is -4.46. The molecule has 2 N–H and O–H groups in total. The van der Waals surface area contributed by atoms with Gasteiger partial charge in [-0.1, -0.05) is 6.07 Å². The molecule has 11 heteroatoms. The van der Waals surface area contributed by atoms with Gasteiger partial charge in [0.15, 0.2) is 11.7 Å². The molecule has 1 aromatic carbocycles. The fraction of sp³-hybridized carbons (Fsp3) is 0.389. The highest BCUT2D eigenvalue weighted by Gasteiger charge is 2.33. The molecule has 0 aliphatic heterocycles. The molecule has 1 aromatic heterocycles. The highest BCUT2D eigenvalue weighted by Crippen LogP contribution is 2.29. The minimum atomic E-state index is -4.46. The van der Waals surface area contributed by atoms with Gasteiger partial charge >= 0.3 is 12.1 Å². The summed E-state index contributed by atoms with van der Waals surface area (Å²) >= 11 is 0.921. The van der Waals surface area contributed by atoms with Gasteiger partial charge in [0.2, 0.25) is 0 Å². The number of carbonyl (C=O) groups excluding carboxylic acids is 1. The van der Waals surface area contributed by atoms with Crippen LogP contribution in [-0.2, 0) is 24.0 Å². The van der Waals surface area contributed by atoms with Crippen molar-refractivity contribution in [3.63, 3.8) is 0 Å². The third-order valence-corrected chi connectivity index (χ3v) is 4.53. The second kappa shape index (κ2) is 10.1. The summed E-state index contributed by atoms with van der Waals surface area (Å²) < 4.78 is 47.8. The lowest BCUT2D eigenvalue weighted by Gasteiger charge is -2.11. The number of methoxy groups -OCH3 is 2. The van der Waals surface area contributed by atoms with Crippen molar-refractivity contribution < 1.29 is 27.4 Å². The molecule has 0 amide bonds. The van der Waals surface area contributed by atoms with Gasteiger partial charge in [0.25, 0.3) is 0 Å². The maximum atomic E-state index is 12.6. The van der Waals surface area contributed by atoms with Gasteiger partial charge in [0, 0.05) is 11.9 Å². The van der Waals surface area contributed by atoms with Crippen molar-refractivity contribution in [1.82, 2.24) is 15.6 Å². The summed E-state index contributed by atoms with van der Waals surface area (Å²) in [6, 6.07) is 5.02. The highest BCUT2D eigenvalue weighted by molar-refractivity contribution is 7.09. The number of guanidine groups is 1. The van der Waals surface area contributed by atoms with Crippen LogP contribution >= 0.6 is 11.3 Å². The molecule has 7 nitrogen and oxygen atoms in total. The van der Waals surface area contributed by atoms with E-state index in [9.17, 15) is 18.0 Å². The minimum absolute atomic E-state index is 0.0998. The first-order chi connectivity index (χ1) is 13.8. The Hall–Kier alpha value is -2.82. The molecule has 0 fully saturated rings. The fourth-order valence-electron chi connectivity index (χ4n) is 2.32. The van der Waals surface area contributed by atoms with Gasteiger partial charge in [-0.2, -0.15) is 13.2 Å². The topological polar surface area (TPSA) is 84.8 Å². The zero-order valence-corrected chi connectivity index (χ0v) is 16.9. The molecule has 0 aliphatic carbocycles. The first-order valence-electron chi connectivity index (χ1n) is 8.57. The van der Waals surface area contributed by atoms with E-state index in [1.807, 2.05) is 6.92 Å². The van der Waals surface area contributed by atoms with E-state index in [2.05, 4.69) is 20.6 Å². The van der Waals surface area contributed by atoms with Gasteiger partial charge in [-0.3, -0.25) is 0 Å². The molecule has 0 radical (unpaired) electrons. The molecule has 1 heterocycles. The number of alkyl halides is 3. The Balaban J connectivity index is 2.09. The lowest BCUT2D eigenvalue weighted by Crippen LogP contribution is -2.36. The first kappa shape index (κ1) is 22.5. The monoisotopic (exact) mass is 430 g/mol. The standard InChI is InChI=1S/C18H21F3N4O3S/c1-4-22-17(24-9-15-25-14(10-29-15)18(19,20)21)23-8-11-5-6-13(27-2)12(7-11)16(26)28-3/h5-7,10H,4,8-9H2,1-3H3,(H2,22,23,24). The minimum Gasteiger partial charge on any atom is -0.496 e. The van der Waals surface area contributed by atoms with Crippen LogP contribution in [0, 0.1) is 0 Å². The maximum absolute atomic E-state index is 12.6. The van der Waals surface area contributed by atoms with Crippen LogP contribution in [0.1, 0.15) is 33.5 Å². The summed E-state index contributed by atoms with van der Waals surface area (Å²) in [7, 11) is 2.73. The summed E-state index contributed by atoms with van der Waals surface area (Å²) in [4.78, 5) is 19.8. The first-order valence-corrected chi connectivity index (χ1v) is 9.45. The van der Waals surface area contributed by atoms with Crippen molar-refractivity contribution in [2.24, 2.45) is 4.99 Å². The van der Waals surface area contributed by atoms with Gasteiger partial charge in [-0.05, 0) is 24.6 Å². The Morgan fingerprint density at radius 2 is 2.03 bits per heavy atom. The molecule has 0 saturated heterocycles. The van der Waals surface area contributed by atoms with E-state index in [1.54, 1.807) is 18.2 Å². The van der Waals surface area contributed by atoms with Crippen molar-refractivity contribution in [2.45, 2.75) is 26.2 Å². The molecular formula is C18H21F3N4O3S. The smallest absolute Gasteiger partial charge is 0.434 e. The van der Waals surface area contributed by atoms with Crippen molar-refractivity contribution in [1.29, 1.82) is 0 Å². The lowest BCUT2D eigenvalue weighted by molar-refractivity contribution is -0.140. The van der Waals surface area contributed by atoms with E-state index in [4.69, 9.17) is 9.47 Å². The average molecular weight is 430 g/mol. The van der Waals surface area contributed by atoms with E-state index >= 15 is 0 Å². The van der Waals surface area contributed by atoms with Crippen molar-refractivity contribution >= 4 is 23.3 Å². The van der Waals surface area contributed by atoms with Gasteiger partial charge in [0.05, 0.1) is 27.3 Å². The van der Waals surface area contributed by atoms with Gasteiger partial charge in [0.1, 0.15) is 16.3 Å². The number of aliphatic imine (C=N–C) groups is 1. The van der Waals surface area contributed by atoms with Crippen molar-refractivity contribution in [3.05, 3.63) is 45.4 Å². The number of nitrogens with zero attached hydrogens (tertiary/aromatic N) is 2. The molecule has 0 saturated carbocycles. The number of thiazole rings is 1. The zero-order valence-electron chi connectivity index (χ0n) is 16.1.